The quantitative estimate of drug-likeness (QED) is 0.666. The van der Waals surface area contributed by atoms with Gasteiger partial charge in [-0.1, -0.05) is 6.08 Å². The van der Waals surface area contributed by atoms with Crippen molar-refractivity contribution in [3.05, 3.63) is 42.2 Å². The van der Waals surface area contributed by atoms with E-state index in [4.69, 9.17) is 0 Å². The highest BCUT2D eigenvalue weighted by atomic mass is 19.4. The number of hydrogen-bond acceptors (Lipinski definition) is 3. The minimum Gasteiger partial charge on any atom is -0.406 e. The Morgan fingerprint density at radius 1 is 1.32 bits per heavy atom. The molecule has 1 aliphatic rings. The van der Waals surface area contributed by atoms with E-state index in [1.54, 1.807) is 6.08 Å². The van der Waals surface area contributed by atoms with Crippen LogP contribution in [0, 0.1) is 5.82 Å². The summed E-state index contributed by atoms with van der Waals surface area (Å²) in [7, 11) is 0. The summed E-state index contributed by atoms with van der Waals surface area (Å²) < 4.78 is 55.0. The lowest BCUT2D eigenvalue weighted by Crippen LogP contribution is -2.45. The van der Waals surface area contributed by atoms with Crippen molar-refractivity contribution in [2.75, 3.05) is 26.2 Å². The molecule has 1 aliphatic heterocycles. The topological polar surface area (TPSA) is 24.5 Å². The maximum absolute atomic E-state index is 14.1. The summed E-state index contributed by atoms with van der Waals surface area (Å²) >= 11 is 0. The first-order valence-corrected chi connectivity index (χ1v) is 7.01. The summed E-state index contributed by atoms with van der Waals surface area (Å²) in [6.07, 6.45) is -2.70. The molecule has 0 unspecified atom stereocenters. The molecular weight excluding hydrogens is 300 g/mol. The fourth-order valence-electron chi connectivity index (χ4n) is 2.60. The van der Waals surface area contributed by atoms with E-state index in [0.717, 1.165) is 31.3 Å². The first kappa shape index (κ1) is 16.8. The van der Waals surface area contributed by atoms with Crippen LogP contribution < -0.4 is 10.1 Å². The molecule has 2 rings (SSSR count). The van der Waals surface area contributed by atoms with E-state index in [2.05, 4.69) is 16.6 Å². The highest BCUT2D eigenvalue weighted by Crippen LogP contribution is 2.32. The molecule has 1 fully saturated rings. The zero-order valence-electron chi connectivity index (χ0n) is 12.0. The van der Waals surface area contributed by atoms with Gasteiger partial charge in [-0.2, -0.15) is 0 Å². The van der Waals surface area contributed by atoms with Gasteiger partial charge in [-0.15, -0.1) is 19.8 Å². The number of nitrogens with one attached hydrogen (secondary N) is 1. The summed E-state index contributed by atoms with van der Waals surface area (Å²) in [6, 6.07) is 2.76. The number of benzene rings is 1. The van der Waals surface area contributed by atoms with Crippen molar-refractivity contribution >= 4 is 0 Å². The number of rotatable bonds is 5. The fourth-order valence-corrected chi connectivity index (χ4v) is 2.60. The Balaban J connectivity index is 2.28. The summed E-state index contributed by atoms with van der Waals surface area (Å²) in [4.78, 5) is 2.04. The van der Waals surface area contributed by atoms with E-state index in [9.17, 15) is 17.6 Å². The average molecular weight is 318 g/mol. The Labute approximate surface area is 126 Å². The molecule has 122 valence electrons. The van der Waals surface area contributed by atoms with Gasteiger partial charge in [0, 0.05) is 37.8 Å². The average Bonchev–Trinajstić information content (AvgIpc) is 2.46. The summed E-state index contributed by atoms with van der Waals surface area (Å²) in [6.45, 7) is 6.57. The molecule has 1 aromatic rings. The smallest absolute Gasteiger partial charge is 0.406 e. The molecule has 0 bridgehead atoms. The highest BCUT2D eigenvalue weighted by Gasteiger charge is 2.32. The van der Waals surface area contributed by atoms with E-state index in [1.165, 1.54) is 0 Å². The van der Waals surface area contributed by atoms with Gasteiger partial charge in [0.1, 0.15) is 11.6 Å². The van der Waals surface area contributed by atoms with Crippen LogP contribution in [0.2, 0.25) is 0 Å². The zero-order valence-corrected chi connectivity index (χ0v) is 12.0. The van der Waals surface area contributed by atoms with Crippen LogP contribution in [0.15, 0.2) is 30.9 Å². The van der Waals surface area contributed by atoms with Crippen LogP contribution in [0.5, 0.6) is 5.75 Å². The van der Waals surface area contributed by atoms with Gasteiger partial charge in [0.25, 0.3) is 0 Å². The lowest BCUT2D eigenvalue weighted by molar-refractivity contribution is -0.274. The van der Waals surface area contributed by atoms with Gasteiger partial charge in [-0.05, 0) is 24.6 Å². The third-order valence-electron chi connectivity index (χ3n) is 3.54. The molecule has 1 heterocycles. The fraction of sp³-hybridized carbons (Fsp3) is 0.467. The number of nitrogens with zero attached hydrogens (tertiary/aromatic N) is 1. The van der Waals surface area contributed by atoms with Gasteiger partial charge in [0.05, 0.1) is 0 Å². The van der Waals surface area contributed by atoms with Crippen LogP contribution in [-0.4, -0.2) is 37.4 Å². The monoisotopic (exact) mass is 318 g/mol. The predicted octanol–water partition coefficient (Wildman–Crippen LogP) is 3.25. The molecular formula is C15H18F4N2O. The lowest BCUT2D eigenvalue weighted by atomic mass is 10.00. The van der Waals surface area contributed by atoms with Crippen molar-refractivity contribution in [3.8, 4) is 5.75 Å². The van der Waals surface area contributed by atoms with Crippen molar-refractivity contribution in [2.45, 2.75) is 18.8 Å². The van der Waals surface area contributed by atoms with E-state index < -0.39 is 17.9 Å². The molecule has 1 atom stereocenters. The molecule has 1 aromatic carbocycles. The Hall–Kier alpha value is -1.60. The minimum atomic E-state index is -4.79. The van der Waals surface area contributed by atoms with E-state index in [0.29, 0.717) is 19.5 Å². The Morgan fingerprint density at radius 2 is 2.00 bits per heavy atom. The summed E-state index contributed by atoms with van der Waals surface area (Å²) in [5.74, 6) is -0.951. The SMILES string of the molecule is C=CC[C@H](c1cc(OC(F)(F)F)ccc1F)N1CCNCC1. The predicted molar refractivity (Wildman–Crippen MR) is 75.1 cm³/mol. The Kier molecular flexibility index (Phi) is 5.42. The third kappa shape index (κ3) is 4.45. The first-order valence-electron chi connectivity index (χ1n) is 7.01. The van der Waals surface area contributed by atoms with Crippen molar-refractivity contribution < 1.29 is 22.3 Å². The van der Waals surface area contributed by atoms with Crippen molar-refractivity contribution in [1.82, 2.24) is 10.2 Å². The maximum Gasteiger partial charge on any atom is 0.573 e. The summed E-state index contributed by atoms with van der Waals surface area (Å²) in [5, 5.41) is 3.19. The molecule has 0 aromatic heterocycles. The number of ether oxygens (including phenoxy) is 1. The largest absolute Gasteiger partial charge is 0.573 e. The number of piperazine rings is 1. The molecule has 22 heavy (non-hydrogen) atoms. The van der Waals surface area contributed by atoms with Crippen LogP contribution >= 0.6 is 0 Å². The highest BCUT2D eigenvalue weighted by molar-refractivity contribution is 5.32. The van der Waals surface area contributed by atoms with Crippen LogP contribution in [0.25, 0.3) is 0 Å². The molecule has 0 amide bonds. The number of alkyl halides is 3. The van der Waals surface area contributed by atoms with Gasteiger partial charge >= 0.3 is 6.36 Å². The molecule has 1 N–H and O–H groups in total. The molecule has 1 saturated heterocycles. The minimum absolute atomic E-state index is 0.198. The van der Waals surface area contributed by atoms with Crippen LogP contribution in [-0.2, 0) is 0 Å². The van der Waals surface area contributed by atoms with Gasteiger partial charge in [-0.25, -0.2) is 4.39 Å². The second-order valence-electron chi connectivity index (χ2n) is 5.06. The van der Waals surface area contributed by atoms with Gasteiger partial charge in [0.2, 0.25) is 0 Å². The second kappa shape index (κ2) is 7.11. The Bertz CT molecular complexity index is 513. The van der Waals surface area contributed by atoms with Crippen molar-refractivity contribution in [3.63, 3.8) is 0 Å². The molecule has 3 nitrogen and oxygen atoms in total. The van der Waals surface area contributed by atoms with Gasteiger partial charge in [-0.3, -0.25) is 4.90 Å². The van der Waals surface area contributed by atoms with Crippen LogP contribution in [0.1, 0.15) is 18.0 Å². The summed E-state index contributed by atoms with van der Waals surface area (Å²) in [5.41, 5.74) is 0.198. The van der Waals surface area contributed by atoms with Crippen LogP contribution in [0.3, 0.4) is 0 Å². The molecule has 7 heteroatoms. The van der Waals surface area contributed by atoms with Gasteiger partial charge < -0.3 is 10.1 Å². The first-order chi connectivity index (χ1) is 10.4. The number of halogens is 4. The van der Waals surface area contributed by atoms with E-state index >= 15 is 0 Å². The van der Waals surface area contributed by atoms with Crippen LogP contribution in [0.4, 0.5) is 17.6 Å². The molecule has 0 saturated carbocycles. The second-order valence-corrected chi connectivity index (χ2v) is 5.06. The zero-order chi connectivity index (χ0) is 16.2. The van der Waals surface area contributed by atoms with Crippen molar-refractivity contribution in [1.29, 1.82) is 0 Å². The van der Waals surface area contributed by atoms with E-state index in [-0.39, 0.29) is 11.6 Å². The normalized spacial score (nSPS) is 18.0. The lowest BCUT2D eigenvalue weighted by Gasteiger charge is -2.35. The maximum atomic E-state index is 14.1. The molecule has 0 aliphatic carbocycles. The van der Waals surface area contributed by atoms with Gasteiger partial charge in [0.15, 0.2) is 0 Å². The van der Waals surface area contributed by atoms with E-state index in [1.807, 2.05) is 4.90 Å². The third-order valence-corrected chi connectivity index (χ3v) is 3.54. The standard InChI is InChI=1S/C15H18F4N2O/c1-2-3-14(21-8-6-20-7-9-21)12-10-11(4-5-13(12)16)22-15(17,18)19/h2,4-5,10,14,20H,1,3,6-9H2/t14-/m1/s1. The Morgan fingerprint density at radius 3 is 2.59 bits per heavy atom. The van der Waals surface area contributed by atoms with Crippen molar-refractivity contribution in [2.24, 2.45) is 0 Å². The molecule has 0 radical (unpaired) electrons. The molecule has 0 spiro atoms. The number of hydrogen-bond donors (Lipinski definition) is 1.